The van der Waals surface area contributed by atoms with Crippen molar-refractivity contribution in [3.8, 4) is 0 Å². The van der Waals surface area contributed by atoms with E-state index in [1.165, 1.54) is 38.6 Å². The molecule has 0 heterocycles. The third-order valence-corrected chi connectivity index (χ3v) is 3.78. The molecule has 1 rings (SSSR count). The zero-order valence-corrected chi connectivity index (χ0v) is 10.5. The molecule has 1 aliphatic carbocycles. The Morgan fingerprint density at radius 3 is 2.80 bits per heavy atom. The fourth-order valence-electron chi connectivity index (χ4n) is 2.87. The van der Waals surface area contributed by atoms with Gasteiger partial charge in [0.15, 0.2) is 0 Å². The van der Waals surface area contributed by atoms with E-state index in [0.29, 0.717) is 0 Å². The van der Waals surface area contributed by atoms with Crippen LogP contribution in [0.3, 0.4) is 0 Å². The summed E-state index contributed by atoms with van der Waals surface area (Å²) in [5, 5.41) is 3.73. The maximum Gasteiger partial charge on any atom is 0.0101 e. The molecule has 1 aliphatic rings. The van der Waals surface area contributed by atoms with Crippen molar-refractivity contribution in [1.29, 1.82) is 0 Å². The monoisotopic (exact) mass is 209 g/mol. The lowest BCUT2D eigenvalue weighted by molar-refractivity contribution is 0.285. The minimum Gasteiger partial charge on any atom is -0.314 e. The Hall–Kier alpha value is -0.300. The van der Waals surface area contributed by atoms with Gasteiger partial charge in [-0.1, -0.05) is 32.8 Å². The Labute approximate surface area is 95.3 Å². The smallest absolute Gasteiger partial charge is 0.0101 e. The van der Waals surface area contributed by atoms with Crippen molar-refractivity contribution in [3.05, 3.63) is 12.7 Å². The van der Waals surface area contributed by atoms with E-state index in [2.05, 4.69) is 31.8 Å². The van der Waals surface area contributed by atoms with Crippen LogP contribution in [0.1, 0.15) is 52.4 Å². The van der Waals surface area contributed by atoms with Gasteiger partial charge in [-0.3, -0.25) is 0 Å². The first kappa shape index (κ1) is 12.8. The van der Waals surface area contributed by atoms with Crippen LogP contribution in [0.2, 0.25) is 0 Å². The van der Waals surface area contributed by atoms with Crippen molar-refractivity contribution >= 4 is 0 Å². The van der Waals surface area contributed by atoms with Gasteiger partial charge in [0.05, 0.1) is 0 Å². The molecule has 0 spiro atoms. The molecule has 1 nitrogen and oxygen atoms in total. The standard InChI is InChI=1S/C14H27N/c1-4-6-10-14(15-11-5-2)13-9-7-8-12(13)3/h4,12-15H,1,5-11H2,2-3H3. The predicted octanol–water partition coefficient (Wildman–Crippen LogP) is 3.76. The van der Waals surface area contributed by atoms with Gasteiger partial charge in [0.25, 0.3) is 0 Å². The molecule has 0 aromatic heterocycles. The first-order chi connectivity index (χ1) is 7.29. The average Bonchev–Trinajstić information content (AvgIpc) is 2.65. The molecule has 0 aromatic rings. The molecule has 0 saturated heterocycles. The van der Waals surface area contributed by atoms with Crippen LogP contribution in [0.25, 0.3) is 0 Å². The van der Waals surface area contributed by atoms with Crippen LogP contribution in [-0.2, 0) is 0 Å². The maximum absolute atomic E-state index is 3.83. The molecule has 0 aromatic carbocycles. The maximum atomic E-state index is 3.83. The van der Waals surface area contributed by atoms with Gasteiger partial charge in [0.1, 0.15) is 0 Å². The van der Waals surface area contributed by atoms with Crippen molar-refractivity contribution in [2.75, 3.05) is 6.54 Å². The fraction of sp³-hybridized carbons (Fsp3) is 0.857. The second kappa shape index (κ2) is 7.05. The summed E-state index contributed by atoms with van der Waals surface area (Å²) in [6.07, 6.45) is 10.0. The van der Waals surface area contributed by atoms with Crippen LogP contribution in [0.5, 0.6) is 0 Å². The van der Waals surface area contributed by atoms with E-state index in [1.54, 1.807) is 0 Å². The molecule has 0 aliphatic heterocycles. The Morgan fingerprint density at radius 2 is 2.27 bits per heavy atom. The summed E-state index contributed by atoms with van der Waals surface area (Å²) in [6, 6.07) is 0.737. The van der Waals surface area contributed by atoms with E-state index in [0.717, 1.165) is 24.3 Å². The Balaban J connectivity index is 2.41. The fourth-order valence-corrected chi connectivity index (χ4v) is 2.87. The van der Waals surface area contributed by atoms with E-state index in [4.69, 9.17) is 0 Å². The van der Waals surface area contributed by atoms with Gasteiger partial charge >= 0.3 is 0 Å². The van der Waals surface area contributed by atoms with Gasteiger partial charge in [-0.05, 0) is 44.1 Å². The molecule has 1 fully saturated rings. The molecule has 3 unspecified atom stereocenters. The van der Waals surface area contributed by atoms with E-state index < -0.39 is 0 Å². The normalized spacial score (nSPS) is 27.9. The highest BCUT2D eigenvalue weighted by Gasteiger charge is 2.29. The van der Waals surface area contributed by atoms with Crippen LogP contribution in [-0.4, -0.2) is 12.6 Å². The summed E-state index contributed by atoms with van der Waals surface area (Å²) < 4.78 is 0. The first-order valence-electron chi connectivity index (χ1n) is 6.63. The van der Waals surface area contributed by atoms with Crippen LogP contribution in [0.15, 0.2) is 12.7 Å². The molecule has 1 saturated carbocycles. The quantitative estimate of drug-likeness (QED) is 0.630. The molecule has 0 radical (unpaired) electrons. The second-order valence-electron chi connectivity index (χ2n) is 5.00. The van der Waals surface area contributed by atoms with E-state index in [1.807, 2.05) is 0 Å². The zero-order valence-electron chi connectivity index (χ0n) is 10.5. The SMILES string of the molecule is C=CCCC(NCCC)C1CCCC1C. The predicted molar refractivity (Wildman–Crippen MR) is 68.0 cm³/mol. The lowest BCUT2D eigenvalue weighted by Gasteiger charge is -2.27. The van der Waals surface area contributed by atoms with Gasteiger partial charge in [-0.2, -0.15) is 0 Å². The molecule has 1 heteroatoms. The highest BCUT2D eigenvalue weighted by Crippen LogP contribution is 2.35. The minimum atomic E-state index is 0.737. The molecule has 1 N–H and O–H groups in total. The summed E-state index contributed by atoms with van der Waals surface area (Å²) in [5.41, 5.74) is 0. The van der Waals surface area contributed by atoms with Gasteiger partial charge in [-0.15, -0.1) is 6.58 Å². The van der Waals surface area contributed by atoms with Crippen LogP contribution >= 0.6 is 0 Å². The number of nitrogens with one attached hydrogen (secondary N) is 1. The molecule has 3 atom stereocenters. The Kier molecular flexibility index (Phi) is 6.00. The molecule has 0 bridgehead atoms. The van der Waals surface area contributed by atoms with Crippen molar-refractivity contribution < 1.29 is 0 Å². The number of allylic oxidation sites excluding steroid dienone is 1. The van der Waals surface area contributed by atoms with Crippen molar-refractivity contribution in [2.45, 2.75) is 58.4 Å². The highest BCUT2D eigenvalue weighted by molar-refractivity contribution is 4.86. The van der Waals surface area contributed by atoms with Crippen LogP contribution in [0.4, 0.5) is 0 Å². The third-order valence-electron chi connectivity index (χ3n) is 3.78. The lowest BCUT2D eigenvalue weighted by Crippen LogP contribution is -2.37. The van der Waals surface area contributed by atoms with Gasteiger partial charge in [0.2, 0.25) is 0 Å². The summed E-state index contributed by atoms with van der Waals surface area (Å²) in [4.78, 5) is 0. The van der Waals surface area contributed by atoms with E-state index in [9.17, 15) is 0 Å². The largest absolute Gasteiger partial charge is 0.314 e. The van der Waals surface area contributed by atoms with Gasteiger partial charge < -0.3 is 5.32 Å². The van der Waals surface area contributed by atoms with Crippen molar-refractivity contribution in [1.82, 2.24) is 5.32 Å². The molecular formula is C14H27N. The van der Waals surface area contributed by atoms with E-state index >= 15 is 0 Å². The van der Waals surface area contributed by atoms with Crippen LogP contribution < -0.4 is 5.32 Å². The van der Waals surface area contributed by atoms with Gasteiger partial charge in [0, 0.05) is 6.04 Å². The lowest BCUT2D eigenvalue weighted by atomic mass is 9.87. The topological polar surface area (TPSA) is 12.0 Å². The first-order valence-corrected chi connectivity index (χ1v) is 6.63. The Bertz CT molecular complexity index is 176. The molecular weight excluding hydrogens is 182 g/mol. The van der Waals surface area contributed by atoms with Crippen molar-refractivity contribution in [2.24, 2.45) is 11.8 Å². The number of hydrogen-bond donors (Lipinski definition) is 1. The summed E-state index contributed by atoms with van der Waals surface area (Å²) >= 11 is 0. The molecule has 88 valence electrons. The van der Waals surface area contributed by atoms with E-state index in [-0.39, 0.29) is 0 Å². The highest BCUT2D eigenvalue weighted by atomic mass is 14.9. The van der Waals surface area contributed by atoms with Crippen molar-refractivity contribution in [3.63, 3.8) is 0 Å². The minimum absolute atomic E-state index is 0.737. The Morgan fingerprint density at radius 1 is 1.47 bits per heavy atom. The molecule has 15 heavy (non-hydrogen) atoms. The third kappa shape index (κ3) is 3.98. The molecule has 0 amide bonds. The summed E-state index contributed by atoms with van der Waals surface area (Å²) in [7, 11) is 0. The van der Waals surface area contributed by atoms with Gasteiger partial charge in [-0.25, -0.2) is 0 Å². The number of hydrogen-bond acceptors (Lipinski definition) is 1. The summed E-state index contributed by atoms with van der Waals surface area (Å²) in [6.45, 7) is 9.67. The average molecular weight is 209 g/mol. The second-order valence-corrected chi connectivity index (χ2v) is 5.00. The number of rotatable bonds is 7. The van der Waals surface area contributed by atoms with Crippen LogP contribution in [0, 0.1) is 11.8 Å². The summed E-state index contributed by atoms with van der Waals surface area (Å²) in [5.74, 6) is 1.83. The zero-order chi connectivity index (χ0) is 11.1.